The van der Waals surface area contributed by atoms with Crippen molar-refractivity contribution in [2.75, 3.05) is 18.6 Å². The van der Waals surface area contributed by atoms with Gasteiger partial charge in [-0.2, -0.15) is 0 Å². The van der Waals surface area contributed by atoms with E-state index in [1.165, 1.54) is 6.33 Å². The summed E-state index contributed by atoms with van der Waals surface area (Å²) >= 11 is 0. The van der Waals surface area contributed by atoms with E-state index in [1.807, 2.05) is 23.1 Å². The van der Waals surface area contributed by atoms with Crippen LogP contribution < -0.4 is 4.90 Å². The fourth-order valence-corrected chi connectivity index (χ4v) is 3.24. The largest absolute Gasteiger partial charge is 0.379 e. The zero-order valence-electron chi connectivity index (χ0n) is 13.1. The molecule has 23 heavy (non-hydrogen) atoms. The Morgan fingerprint density at radius 1 is 1.30 bits per heavy atom. The maximum absolute atomic E-state index is 13.2. The van der Waals surface area contributed by atoms with Crippen LogP contribution in [0.5, 0.6) is 0 Å². The number of benzene rings is 1. The summed E-state index contributed by atoms with van der Waals surface area (Å²) in [7, 11) is 1.70. The Hall–Kier alpha value is -2.27. The average Bonchev–Trinajstić information content (AvgIpc) is 3.45. The molecule has 1 aliphatic heterocycles. The average molecular weight is 309 g/mol. The lowest BCUT2D eigenvalue weighted by molar-refractivity contribution is 0.0869. The molecule has 1 aromatic heterocycles. The van der Waals surface area contributed by atoms with E-state index in [9.17, 15) is 4.79 Å². The van der Waals surface area contributed by atoms with Gasteiger partial charge >= 0.3 is 0 Å². The number of hydrogen-bond acceptors (Lipinski definition) is 4. The number of methoxy groups -OCH3 is 1. The minimum absolute atomic E-state index is 0.0165. The van der Waals surface area contributed by atoms with Crippen molar-refractivity contribution < 1.29 is 9.53 Å². The normalized spacial score (nSPS) is 20.2. The van der Waals surface area contributed by atoms with Gasteiger partial charge in [-0.3, -0.25) is 4.79 Å². The second kappa shape index (κ2) is 5.74. The van der Waals surface area contributed by atoms with Gasteiger partial charge in [-0.15, -0.1) is 0 Å². The van der Waals surface area contributed by atoms with Crippen LogP contribution in [-0.4, -0.2) is 35.6 Å². The van der Waals surface area contributed by atoms with Gasteiger partial charge in [-0.05, 0) is 24.5 Å². The van der Waals surface area contributed by atoms with E-state index in [-0.39, 0.29) is 12.0 Å². The summed E-state index contributed by atoms with van der Waals surface area (Å²) in [5.74, 6) is 0.386. The lowest BCUT2D eigenvalue weighted by atomic mass is 9.98. The van der Waals surface area contributed by atoms with Crippen molar-refractivity contribution in [3.8, 4) is 0 Å². The minimum Gasteiger partial charge on any atom is -0.379 e. The summed E-state index contributed by atoms with van der Waals surface area (Å²) in [5.41, 5.74) is 3.63. The molecule has 1 aliphatic carbocycles. The van der Waals surface area contributed by atoms with Gasteiger partial charge in [-0.25, -0.2) is 9.97 Å². The number of fused-ring (bicyclic) bond motifs is 1. The van der Waals surface area contributed by atoms with E-state index in [1.54, 1.807) is 13.3 Å². The molecule has 0 N–H and O–H groups in total. The molecule has 2 heterocycles. The number of carbonyl (C=O) groups is 1. The maximum Gasteiger partial charge on any atom is 0.261 e. The van der Waals surface area contributed by atoms with Crippen molar-refractivity contribution in [3.63, 3.8) is 0 Å². The van der Waals surface area contributed by atoms with Crippen molar-refractivity contribution in [2.45, 2.75) is 31.3 Å². The zero-order chi connectivity index (χ0) is 15.8. The second-order valence-electron chi connectivity index (χ2n) is 6.20. The molecule has 2 aliphatic rings. The summed E-state index contributed by atoms with van der Waals surface area (Å²) in [4.78, 5) is 23.4. The first kappa shape index (κ1) is 14.3. The molecule has 1 aromatic carbocycles. The van der Waals surface area contributed by atoms with E-state index < -0.39 is 0 Å². The topological polar surface area (TPSA) is 55.3 Å². The summed E-state index contributed by atoms with van der Waals surface area (Å²) in [6, 6.07) is 8.03. The monoisotopic (exact) mass is 309 g/mol. The molecule has 1 amide bonds. The number of anilines is 1. The van der Waals surface area contributed by atoms with Crippen LogP contribution in [0.25, 0.3) is 0 Å². The second-order valence-corrected chi connectivity index (χ2v) is 6.20. The number of hydrogen-bond donors (Lipinski definition) is 0. The lowest BCUT2D eigenvalue weighted by Crippen LogP contribution is -2.43. The van der Waals surface area contributed by atoms with Gasteiger partial charge in [0.25, 0.3) is 5.91 Å². The Morgan fingerprint density at radius 3 is 2.91 bits per heavy atom. The van der Waals surface area contributed by atoms with Crippen LogP contribution in [0.15, 0.2) is 36.8 Å². The molecule has 118 valence electrons. The predicted molar refractivity (Wildman–Crippen MR) is 86.6 cm³/mol. The Bertz CT molecular complexity index is 743. The number of carbonyl (C=O) groups excluding carboxylic acids is 1. The van der Waals surface area contributed by atoms with Crippen LogP contribution in [0.4, 0.5) is 5.69 Å². The third-order valence-electron chi connectivity index (χ3n) is 4.63. The summed E-state index contributed by atoms with van der Waals surface area (Å²) < 4.78 is 5.53. The first-order valence-electron chi connectivity index (χ1n) is 8.00. The highest BCUT2D eigenvalue weighted by Crippen LogP contribution is 2.41. The van der Waals surface area contributed by atoms with Gasteiger partial charge in [0.2, 0.25) is 0 Å². The first-order chi connectivity index (χ1) is 11.3. The number of aromatic nitrogens is 2. The molecule has 1 fully saturated rings. The lowest BCUT2D eigenvalue weighted by Gasteiger charge is -2.34. The van der Waals surface area contributed by atoms with Gasteiger partial charge in [0.1, 0.15) is 6.33 Å². The van der Waals surface area contributed by atoms with Gasteiger partial charge in [-0.1, -0.05) is 18.2 Å². The number of para-hydroxylation sites is 1. The standard InChI is InChI=1S/C18H19N3O2/c1-23-14-8-13-4-2-3-5-16(13)21(10-14)18(22)15-9-19-11-20-17(15)12-6-7-12/h2-5,9,11-12,14H,6-8,10H2,1H3/t14-/m1/s1. The Balaban J connectivity index is 1.73. The Morgan fingerprint density at radius 2 is 2.13 bits per heavy atom. The molecule has 0 radical (unpaired) electrons. The van der Waals surface area contributed by atoms with Crippen LogP contribution in [-0.2, 0) is 11.2 Å². The van der Waals surface area contributed by atoms with Crippen LogP contribution in [0.1, 0.15) is 40.4 Å². The molecule has 1 atom stereocenters. The quantitative estimate of drug-likeness (QED) is 0.874. The van der Waals surface area contributed by atoms with Crippen LogP contribution in [0.3, 0.4) is 0 Å². The molecular weight excluding hydrogens is 290 g/mol. The van der Waals surface area contributed by atoms with Crippen molar-refractivity contribution in [2.24, 2.45) is 0 Å². The van der Waals surface area contributed by atoms with E-state index >= 15 is 0 Å². The predicted octanol–water partition coefficient (Wildman–Crippen LogP) is 2.57. The van der Waals surface area contributed by atoms with Gasteiger partial charge in [0.05, 0.1) is 23.9 Å². The van der Waals surface area contributed by atoms with E-state index in [0.29, 0.717) is 18.0 Å². The summed E-state index contributed by atoms with van der Waals surface area (Å²) in [6.07, 6.45) is 6.25. The Kier molecular flexibility index (Phi) is 3.58. The molecule has 5 heteroatoms. The maximum atomic E-state index is 13.2. The SMILES string of the molecule is CO[C@@H]1Cc2ccccc2N(C(=O)c2cncnc2C2CC2)C1. The molecular formula is C18H19N3O2. The first-order valence-corrected chi connectivity index (χ1v) is 8.00. The van der Waals surface area contributed by atoms with E-state index in [2.05, 4.69) is 16.0 Å². The highest BCUT2D eigenvalue weighted by atomic mass is 16.5. The van der Waals surface area contributed by atoms with Gasteiger partial charge in [0, 0.05) is 31.3 Å². The number of ether oxygens (including phenoxy) is 1. The van der Waals surface area contributed by atoms with Crippen molar-refractivity contribution >= 4 is 11.6 Å². The van der Waals surface area contributed by atoms with Crippen molar-refractivity contribution in [1.29, 1.82) is 0 Å². The fraction of sp³-hybridized carbons (Fsp3) is 0.389. The van der Waals surface area contributed by atoms with Crippen molar-refractivity contribution in [1.82, 2.24) is 9.97 Å². The molecule has 4 rings (SSSR count). The third kappa shape index (κ3) is 2.61. The van der Waals surface area contributed by atoms with Crippen LogP contribution >= 0.6 is 0 Å². The van der Waals surface area contributed by atoms with Crippen molar-refractivity contribution in [3.05, 3.63) is 53.6 Å². The molecule has 0 unspecified atom stereocenters. The highest BCUT2D eigenvalue weighted by molar-refractivity contribution is 6.07. The molecule has 0 spiro atoms. The Labute approximate surface area is 135 Å². The molecule has 0 saturated heterocycles. The number of rotatable bonds is 3. The van der Waals surface area contributed by atoms with Crippen LogP contribution in [0, 0.1) is 0 Å². The number of nitrogens with zero attached hydrogens (tertiary/aromatic N) is 3. The van der Waals surface area contributed by atoms with E-state index in [4.69, 9.17) is 4.74 Å². The van der Waals surface area contributed by atoms with E-state index in [0.717, 1.165) is 36.2 Å². The highest BCUT2D eigenvalue weighted by Gasteiger charge is 2.34. The zero-order valence-corrected chi connectivity index (χ0v) is 13.1. The van der Waals surface area contributed by atoms with Crippen LogP contribution in [0.2, 0.25) is 0 Å². The number of amides is 1. The van der Waals surface area contributed by atoms with Gasteiger partial charge in [0.15, 0.2) is 0 Å². The molecule has 5 nitrogen and oxygen atoms in total. The summed E-state index contributed by atoms with van der Waals surface area (Å²) in [6.45, 7) is 0.561. The molecule has 0 bridgehead atoms. The minimum atomic E-state index is -0.0262. The smallest absolute Gasteiger partial charge is 0.261 e. The third-order valence-corrected chi connectivity index (χ3v) is 4.63. The summed E-state index contributed by atoms with van der Waals surface area (Å²) in [5, 5.41) is 0. The molecule has 1 saturated carbocycles. The fourth-order valence-electron chi connectivity index (χ4n) is 3.24. The molecule has 2 aromatic rings. The van der Waals surface area contributed by atoms with Gasteiger partial charge < -0.3 is 9.64 Å².